The van der Waals surface area contributed by atoms with Gasteiger partial charge in [-0.15, -0.1) is 0 Å². The summed E-state index contributed by atoms with van der Waals surface area (Å²) in [5.41, 5.74) is 2.79. The van der Waals surface area contributed by atoms with Crippen molar-refractivity contribution in [2.45, 2.75) is 26.3 Å². The Labute approximate surface area is 151 Å². The van der Waals surface area contributed by atoms with Crippen molar-refractivity contribution in [2.24, 2.45) is 10.9 Å². The number of hydrogen-bond acceptors (Lipinski definition) is 3. The lowest BCUT2D eigenvalue weighted by Crippen LogP contribution is -2.44. The van der Waals surface area contributed by atoms with Crippen molar-refractivity contribution in [3.8, 4) is 0 Å². The molecule has 2 heterocycles. The van der Waals surface area contributed by atoms with Crippen LogP contribution in [-0.2, 0) is 23.0 Å². The standard InChI is InChI=1S/C18H28N4O2S/c1-3-19-18(20-12-15-8-11-22(13-15)25(2,23)24)21-10-9-16-6-4-5-7-17(16)14-21/h4-7,15H,3,8-14H2,1-2H3,(H,19,20). The molecule has 6 nitrogen and oxygen atoms in total. The second-order valence-corrected chi connectivity index (χ2v) is 8.89. The van der Waals surface area contributed by atoms with Gasteiger partial charge in [0.2, 0.25) is 10.0 Å². The minimum Gasteiger partial charge on any atom is -0.357 e. The van der Waals surface area contributed by atoms with Crippen LogP contribution in [0.3, 0.4) is 0 Å². The number of aliphatic imine (C=N–C) groups is 1. The lowest BCUT2D eigenvalue weighted by atomic mass is 10.0. The van der Waals surface area contributed by atoms with Crippen molar-refractivity contribution in [3.05, 3.63) is 35.4 Å². The quantitative estimate of drug-likeness (QED) is 0.646. The fourth-order valence-electron chi connectivity index (χ4n) is 3.57. The van der Waals surface area contributed by atoms with Gasteiger partial charge in [-0.05, 0) is 36.8 Å². The van der Waals surface area contributed by atoms with Crippen LogP contribution in [0.25, 0.3) is 0 Å². The molecular formula is C18H28N4O2S. The van der Waals surface area contributed by atoms with E-state index in [-0.39, 0.29) is 0 Å². The van der Waals surface area contributed by atoms with Gasteiger partial charge in [-0.3, -0.25) is 4.99 Å². The SMILES string of the molecule is CCNC(=NCC1CCN(S(C)(=O)=O)C1)N1CCc2ccccc2C1. The highest BCUT2D eigenvalue weighted by Crippen LogP contribution is 2.21. The molecule has 1 aromatic rings. The summed E-state index contributed by atoms with van der Waals surface area (Å²) in [6.07, 6.45) is 3.21. The fraction of sp³-hybridized carbons (Fsp3) is 0.611. The van der Waals surface area contributed by atoms with Gasteiger partial charge in [0.25, 0.3) is 0 Å². The lowest BCUT2D eigenvalue weighted by Gasteiger charge is -2.32. The molecule has 2 aliphatic rings. The van der Waals surface area contributed by atoms with Crippen molar-refractivity contribution < 1.29 is 8.42 Å². The molecule has 0 radical (unpaired) electrons. The summed E-state index contributed by atoms with van der Waals surface area (Å²) in [7, 11) is -3.08. The molecule has 7 heteroatoms. The van der Waals surface area contributed by atoms with Gasteiger partial charge in [0.05, 0.1) is 6.26 Å². The zero-order chi connectivity index (χ0) is 17.9. The van der Waals surface area contributed by atoms with Gasteiger partial charge in [0, 0.05) is 39.3 Å². The third-order valence-corrected chi connectivity index (χ3v) is 6.25. The Morgan fingerprint density at radius 2 is 2.04 bits per heavy atom. The Balaban J connectivity index is 1.65. The zero-order valence-corrected chi connectivity index (χ0v) is 15.9. The van der Waals surface area contributed by atoms with Gasteiger partial charge in [-0.1, -0.05) is 24.3 Å². The molecule has 0 aromatic heterocycles. The number of nitrogens with zero attached hydrogens (tertiary/aromatic N) is 3. The maximum Gasteiger partial charge on any atom is 0.211 e. The minimum atomic E-state index is -3.08. The van der Waals surface area contributed by atoms with E-state index in [9.17, 15) is 8.42 Å². The Bertz CT molecular complexity index is 732. The average Bonchev–Trinajstić information content (AvgIpc) is 3.07. The summed E-state index contributed by atoms with van der Waals surface area (Å²) >= 11 is 0. The van der Waals surface area contributed by atoms with Crippen molar-refractivity contribution in [1.82, 2.24) is 14.5 Å². The first kappa shape index (κ1) is 18.2. The largest absolute Gasteiger partial charge is 0.357 e. The van der Waals surface area contributed by atoms with E-state index in [1.54, 1.807) is 4.31 Å². The maximum atomic E-state index is 11.7. The van der Waals surface area contributed by atoms with E-state index in [2.05, 4.69) is 41.4 Å². The molecule has 25 heavy (non-hydrogen) atoms. The Hall–Kier alpha value is -1.60. The molecule has 0 bridgehead atoms. The first-order valence-corrected chi connectivity index (χ1v) is 10.9. The average molecular weight is 365 g/mol. The van der Waals surface area contributed by atoms with Gasteiger partial charge in [0.1, 0.15) is 0 Å². The van der Waals surface area contributed by atoms with Crippen LogP contribution in [0.4, 0.5) is 0 Å². The first-order chi connectivity index (χ1) is 12.0. The third kappa shape index (κ3) is 4.52. The molecule has 0 spiro atoms. The number of rotatable bonds is 4. The summed E-state index contributed by atoms with van der Waals surface area (Å²) in [4.78, 5) is 7.12. The lowest BCUT2D eigenvalue weighted by molar-refractivity contribution is 0.377. The number of nitrogens with one attached hydrogen (secondary N) is 1. The van der Waals surface area contributed by atoms with Gasteiger partial charge in [-0.2, -0.15) is 0 Å². The molecule has 1 fully saturated rings. The van der Waals surface area contributed by atoms with Crippen LogP contribution in [0.2, 0.25) is 0 Å². The highest BCUT2D eigenvalue weighted by atomic mass is 32.2. The highest BCUT2D eigenvalue weighted by molar-refractivity contribution is 7.88. The Morgan fingerprint density at radius 1 is 1.28 bits per heavy atom. The van der Waals surface area contributed by atoms with Gasteiger partial charge < -0.3 is 10.2 Å². The van der Waals surface area contributed by atoms with E-state index in [1.165, 1.54) is 17.4 Å². The molecule has 1 saturated heterocycles. The van der Waals surface area contributed by atoms with E-state index >= 15 is 0 Å². The van der Waals surface area contributed by atoms with Crippen molar-refractivity contribution >= 4 is 16.0 Å². The van der Waals surface area contributed by atoms with Gasteiger partial charge in [0.15, 0.2) is 5.96 Å². The van der Waals surface area contributed by atoms with Crippen molar-refractivity contribution in [3.63, 3.8) is 0 Å². The van der Waals surface area contributed by atoms with Crippen LogP contribution in [0.1, 0.15) is 24.5 Å². The summed E-state index contributed by atoms with van der Waals surface area (Å²) in [6.45, 7) is 6.63. The maximum absolute atomic E-state index is 11.7. The monoisotopic (exact) mass is 364 g/mol. The number of sulfonamides is 1. The number of fused-ring (bicyclic) bond motifs is 1. The molecule has 1 atom stereocenters. The van der Waals surface area contributed by atoms with Gasteiger partial charge >= 0.3 is 0 Å². The fourth-order valence-corrected chi connectivity index (χ4v) is 4.48. The summed E-state index contributed by atoms with van der Waals surface area (Å²) in [5.74, 6) is 1.25. The summed E-state index contributed by atoms with van der Waals surface area (Å²) in [5, 5.41) is 3.39. The first-order valence-electron chi connectivity index (χ1n) is 9.02. The molecule has 3 rings (SSSR count). The van der Waals surface area contributed by atoms with Crippen molar-refractivity contribution in [2.75, 3.05) is 39.0 Å². The predicted molar refractivity (Wildman–Crippen MR) is 101 cm³/mol. The van der Waals surface area contributed by atoms with Crippen LogP contribution in [0.15, 0.2) is 29.3 Å². The van der Waals surface area contributed by atoms with E-state index in [0.29, 0.717) is 25.6 Å². The Kier molecular flexibility index (Phi) is 5.64. The second kappa shape index (κ2) is 7.74. The molecule has 1 N–H and O–H groups in total. The van der Waals surface area contributed by atoms with Crippen LogP contribution < -0.4 is 5.32 Å². The number of hydrogen-bond donors (Lipinski definition) is 1. The van der Waals surface area contributed by atoms with Gasteiger partial charge in [-0.25, -0.2) is 12.7 Å². The minimum absolute atomic E-state index is 0.306. The van der Waals surface area contributed by atoms with E-state index in [4.69, 9.17) is 4.99 Å². The molecule has 2 aliphatic heterocycles. The zero-order valence-electron chi connectivity index (χ0n) is 15.1. The molecule has 1 unspecified atom stereocenters. The smallest absolute Gasteiger partial charge is 0.211 e. The highest BCUT2D eigenvalue weighted by Gasteiger charge is 2.28. The molecule has 0 saturated carbocycles. The number of benzene rings is 1. The van der Waals surface area contributed by atoms with Crippen LogP contribution in [-0.4, -0.2) is 62.6 Å². The topological polar surface area (TPSA) is 65.0 Å². The molecule has 1 aromatic carbocycles. The van der Waals surface area contributed by atoms with Crippen LogP contribution in [0, 0.1) is 5.92 Å². The third-order valence-electron chi connectivity index (χ3n) is 4.98. The van der Waals surface area contributed by atoms with E-state index in [1.807, 2.05) is 0 Å². The molecule has 138 valence electrons. The summed E-state index contributed by atoms with van der Waals surface area (Å²) in [6, 6.07) is 8.58. The summed E-state index contributed by atoms with van der Waals surface area (Å²) < 4.78 is 24.9. The van der Waals surface area contributed by atoms with Crippen molar-refractivity contribution in [1.29, 1.82) is 0 Å². The van der Waals surface area contributed by atoms with E-state index < -0.39 is 10.0 Å². The molecule has 0 amide bonds. The van der Waals surface area contributed by atoms with E-state index in [0.717, 1.165) is 38.4 Å². The molecular weight excluding hydrogens is 336 g/mol. The number of guanidine groups is 1. The van der Waals surface area contributed by atoms with Crippen LogP contribution in [0.5, 0.6) is 0 Å². The predicted octanol–water partition coefficient (Wildman–Crippen LogP) is 1.29. The Morgan fingerprint density at radius 3 is 2.72 bits per heavy atom. The molecule has 0 aliphatic carbocycles. The van der Waals surface area contributed by atoms with Crippen LogP contribution >= 0.6 is 0 Å². The second-order valence-electron chi connectivity index (χ2n) is 6.91. The normalized spacial score (nSPS) is 22.1.